The molecule has 7 heteroatoms. The van der Waals surface area contributed by atoms with Crippen LogP contribution in [0, 0.1) is 5.82 Å². The number of carboxylic acids is 1. The molecule has 0 fully saturated rings. The van der Waals surface area contributed by atoms with Crippen LogP contribution in [0.25, 0.3) is 0 Å². The van der Waals surface area contributed by atoms with Crippen molar-refractivity contribution in [3.63, 3.8) is 0 Å². The summed E-state index contributed by atoms with van der Waals surface area (Å²) in [5.41, 5.74) is -0.00701. The highest BCUT2D eigenvalue weighted by Gasteiger charge is 2.13. The Kier molecular flexibility index (Phi) is 3.66. The van der Waals surface area contributed by atoms with E-state index in [1.165, 1.54) is 12.1 Å². The number of amides is 1. The number of carbonyl (C=O) groups is 2. The van der Waals surface area contributed by atoms with Crippen molar-refractivity contribution >= 4 is 33.5 Å². The molecule has 0 aliphatic rings. The Morgan fingerprint density at radius 3 is 2.58 bits per heavy atom. The fourth-order valence-corrected chi connectivity index (χ4v) is 1.78. The maximum absolute atomic E-state index is 13.6. The molecule has 0 bridgehead atoms. The van der Waals surface area contributed by atoms with Gasteiger partial charge in [0.1, 0.15) is 11.5 Å². The van der Waals surface area contributed by atoms with E-state index in [0.717, 1.165) is 6.07 Å². The molecule has 3 N–H and O–H groups in total. The average molecular weight is 327 g/mol. The molecule has 1 amide bonds. The topological polar surface area (TPSA) is 82.2 Å². The van der Waals surface area contributed by atoms with Crippen molar-refractivity contribution in [1.82, 2.24) is 4.98 Å². The Bertz CT molecular complexity index is 654. The first kappa shape index (κ1) is 13.3. The molecule has 5 nitrogen and oxygen atoms in total. The number of H-pyrrole nitrogens is 1. The second kappa shape index (κ2) is 5.23. The monoisotopic (exact) mass is 326 g/mol. The highest BCUT2D eigenvalue weighted by Crippen LogP contribution is 2.18. The van der Waals surface area contributed by atoms with E-state index in [0.29, 0.717) is 4.47 Å². The lowest BCUT2D eigenvalue weighted by Gasteiger charge is -2.05. The molecule has 1 aromatic carbocycles. The molecule has 0 spiro atoms. The number of rotatable bonds is 3. The molecule has 19 heavy (non-hydrogen) atoms. The highest BCUT2D eigenvalue weighted by atomic mass is 79.9. The predicted molar refractivity (Wildman–Crippen MR) is 69.8 cm³/mol. The molecule has 1 aromatic heterocycles. The first-order chi connectivity index (χ1) is 8.97. The Labute approximate surface area is 115 Å². The summed E-state index contributed by atoms with van der Waals surface area (Å²) in [5.74, 6) is -2.56. The summed E-state index contributed by atoms with van der Waals surface area (Å²) in [7, 11) is 0. The van der Waals surface area contributed by atoms with Gasteiger partial charge in [-0.25, -0.2) is 9.18 Å². The summed E-state index contributed by atoms with van der Waals surface area (Å²) >= 11 is 3.18. The minimum Gasteiger partial charge on any atom is -0.478 e. The van der Waals surface area contributed by atoms with E-state index in [1.54, 1.807) is 12.3 Å². The molecule has 0 atom stereocenters. The molecule has 1 heterocycles. The van der Waals surface area contributed by atoms with Crippen LogP contribution < -0.4 is 5.32 Å². The fourth-order valence-electron chi connectivity index (χ4n) is 1.44. The third kappa shape index (κ3) is 3.00. The molecule has 0 saturated carbocycles. The Balaban J connectivity index is 2.20. The zero-order chi connectivity index (χ0) is 14.0. The molecule has 0 aliphatic heterocycles. The van der Waals surface area contributed by atoms with Crippen LogP contribution in [-0.2, 0) is 0 Å². The van der Waals surface area contributed by atoms with Gasteiger partial charge in [-0.1, -0.05) is 0 Å². The number of aromatic carboxylic acids is 1. The van der Waals surface area contributed by atoms with E-state index in [1.807, 2.05) is 0 Å². The zero-order valence-corrected chi connectivity index (χ0v) is 11.0. The first-order valence-corrected chi connectivity index (χ1v) is 5.95. The van der Waals surface area contributed by atoms with E-state index in [4.69, 9.17) is 5.11 Å². The van der Waals surface area contributed by atoms with Crippen molar-refractivity contribution in [1.29, 1.82) is 0 Å². The lowest BCUT2D eigenvalue weighted by Crippen LogP contribution is -2.13. The van der Waals surface area contributed by atoms with Crippen molar-refractivity contribution < 1.29 is 19.1 Å². The van der Waals surface area contributed by atoms with Crippen LogP contribution >= 0.6 is 15.9 Å². The molecule has 0 saturated heterocycles. The summed E-state index contributed by atoms with van der Waals surface area (Å²) in [6.07, 6.45) is 1.57. The van der Waals surface area contributed by atoms with Crippen LogP contribution in [0.15, 0.2) is 34.9 Å². The van der Waals surface area contributed by atoms with Gasteiger partial charge in [-0.2, -0.15) is 0 Å². The van der Waals surface area contributed by atoms with Gasteiger partial charge in [0, 0.05) is 10.7 Å². The van der Waals surface area contributed by atoms with E-state index >= 15 is 0 Å². The van der Waals surface area contributed by atoms with Crippen LogP contribution in [-0.4, -0.2) is 22.0 Å². The minimum atomic E-state index is -1.23. The third-order valence-corrected chi connectivity index (χ3v) is 2.81. The number of aromatic amines is 1. The second-order valence-electron chi connectivity index (χ2n) is 3.69. The molecular weight excluding hydrogens is 319 g/mol. The quantitative estimate of drug-likeness (QED) is 0.811. The summed E-state index contributed by atoms with van der Waals surface area (Å²) in [6, 6.07) is 4.81. The van der Waals surface area contributed by atoms with Crippen molar-refractivity contribution in [2.45, 2.75) is 0 Å². The summed E-state index contributed by atoms with van der Waals surface area (Å²) in [4.78, 5) is 25.1. The Hall–Kier alpha value is -2.15. The normalized spacial score (nSPS) is 10.2. The molecule has 0 unspecified atom stereocenters. The van der Waals surface area contributed by atoms with Crippen LogP contribution in [0.2, 0.25) is 0 Å². The molecule has 98 valence electrons. The van der Waals surface area contributed by atoms with Gasteiger partial charge in [-0.15, -0.1) is 0 Å². The second-order valence-corrected chi connectivity index (χ2v) is 4.60. The van der Waals surface area contributed by atoms with Gasteiger partial charge in [-0.3, -0.25) is 4.79 Å². The van der Waals surface area contributed by atoms with E-state index in [9.17, 15) is 14.0 Å². The van der Waals surface area contributed by atoms with Gasteiger partial charge in [0.15, 0.2) is 0 Å². The zero-order valence-electron chi connectivity index (χ0n) is 9.41. The molecule has 2 aromatic rings. The SMILES string of the molecule is O=C(O)c1ccc(NC(=O)c2cc(Br)c[nH]2)c(F)c1. The summed E-state index contributed by atoms with van der Waals surface area (Å²) < 4.78 is 14.3. The molecule has 0 radical (unpaired) electrons. The van der Waals surface area contributed by atoms with Crippen LogP contribution in [0.5, 0.6) is 0 Å². The van der Waals surface area contributed by atoms with Gasteiger partial charge in [0.2, 0.25) is 0 Å². The maximum atomic E-state index is 13.6. The number of carbonyl (C=O) groups excluding carboxylic acids is 1. The van der Waals surface area contributed by atoms with Gasteiger partial charge >= 0.3 is 5.97 Å². The lowest BCUT2D eigenvalue weighted by atomic mass is 10.2. The Morgan fingerprint density at radius 2 is 2.05 bits per heavy atom. The number of halogens is 2. The number of aromatic nitrogens is 1. The number of benzene rings is 1. The number of hydrogen-bond acceptors (Lipinski definition) is 2. The highest BCUT2D eigenvalue weighted by molar-refractivity contribution is 9.10. The molecule has 2 rings (SSSR count). The summed E-state index contributed by atoms with van der Waals surface area (Å²) in [5, 5.41) is 11.0. The smallest absolute Gasteiger partial charge is 0.335 e. The fraction of sp³-hybridized carbons (Fsp3) is 0. The van der Waals surface area contributed by atoms with Crippen molar-refractivity contribution in [2.75, 3.05) is 5.32 Å². The number of anilines is 1. The van der Waals surface area contributed by atoms with Crippen LogP contribution in [0.1, 0.15) is 20.8 Å². The molecular formula is C12H8BrFN2O3. The van der Waals surface area contributed by atoms with Gasteiger partial charge < -0.3 is 15.4 Å². The third-order valence-electron chi connectivity index (χ3n) is 2.36. The number of hydrogen-bond donors (Lipinski definition) is 3. The van der Waals surface area contributed by atoms with Crippen LogP contribution in [0.4, 0.5) is 10.1 Å². The maximum Gasteiger partial charge on any atom is 0.335 e. The number of nitrogens with one attached hydrogen (secondary N) is 2. The largest absolute Gasteiger partial charge is 0.478 e. The summed E-state index contributed by atoms with van der Waals surface area (Å²) in [6.45, 7) is 0. The minimum absolute atomic E-state index is 0.0827. The van der Waals surface area contributed by atoms with Crippen molar-refractivity contribution in [3.05, 3.63) is 52.0 Å². The van der Waals surface area contributed by atoms with Gasteiger partial charge in [0.05, 0.1) is 11.3 Å². The lowest BCUT2D eigenvalue weighted by molar-refractivity contribution is 0.0696. The van der Waals surface area contributed by atoms with Gasteiger partial charge in [0.25, 0.3) is 5.91 Å². The number of carboxylic acid groups (broad SMARTS) is 1. The van der Waals surface area contributed by atoms with Gasteiger partial charge in [-0.05, 0) is 40.2 Å². The standard InChI is InChI=1S/C12H8BrFN2O3/c13-7-4-10(15-5-7)11(17)16-9-2-1-6(12(18)19)3-8(9)14/h1-5,15H,(H,16,17)(H,18,19). The van der Waals surface area contributed by atoms with Crippen molar-refractivity contribution in [2.24, 2.45) is 0 Å². The average Bonchev–Trinajstić information content (AvgIpc) is 2.78. The van der Waals surface area contributed by atoms with Crippen LogP contribution in [0.3, 0.4) is 0 Å². The molecule has 0 aliphatic carbocycles. The van der Waals surface area contributed by atoms with E-state index in [-0.39, 0.29) is 16.9 Å². The van der Waals surface area contributed by atoms with E-state index < -0.39 is 17.7 Å². The van der Waals surface area contributed by atoms with Crippen molar-refractivity contribution in [3.8, 4) is 0 Å². The van der Waals surface area contributed by atoms with E-state index in [2.05, 4.69) is 26.2 Å². The Morgan fingerprint density at radius 1 is 1.32 bits per heavy atom. The first-order valence-electron chi connectivity index (χ1n) is 5.15. The predicted octanol–water partition coefficient (Wildman–Crippen LogP) is 2.87.